The number of hydrazone groups is 1. The van der Waals surface area contributed by atoms with E-state index >= 15 is 0 Å². The van der Waals surface area contributed by atoms with E-state index < -0.39 is 0 Å². The second-order valence-electron chi connectivity index (χ2n) is 5.79. The van der Waals surface area contributed by atoms with Crippen LogP contribution in [0.25, 0.3) is 0 Å². The van der Waals surface area contributed by atoms with Crippen LogP contribution >= 0.6 is 11.3 Å². The van der Waals surface area contributed by atoms with Crippen LogP contribution in [0.4, 0.5) is 0 Å². The van der Waals surface area contributed by atoms with E-state index in [9.17, 15) is 4.79 Å². The van der Waals surface area contributed by atoms with Crippen molar-refractivity contribution in [2.45, 2.75) is 25.8 Å². The van der Waals surface area contributed by atoms with Gasteiger partial charge in [-0.05, 0) is 29.1 Å². The monoisotopic (exact) mass is 374 g/mol. The van der Waals surface area contributed by atoms with Crippen molar-refractivity contribution in [1.82, 2.24) is 5.01 Å². The van der Waals surface area contributed by atoms with Crippen LogP contribution in [0.2, 0.25) is 0 Å². The van der Waals surface area contributed by atoms with Crippen LogP contribution in [0.3, 0.4) is 0 Å². The summed E-state index contributed by atoms with van der Waals surface area (Å²) < 4.78 is 16.3. The van der Waals surface area contributed by atoms with Gasteiger partial charge in [-0.1, -0.05) is 13.0 Å². The van der Waals surface area contributed by atoms with Gasteiger partial charge in [0.25, 0.3) is 0 Å². The molecule has 1 aromatic heterocycles. The Morgan fingerprint density at radius 1 is 1.23 bits per heavy atom. The van der Waals surface area contributed by atoms with Crippen molar-refractivity contribution in [3.8, 4) is 17.2 Å². The molecule has 3 rings (SSSR count). The van der Waals surface area contributed by atoms with Crippen molar-refractivity contribution < 1.29 is 19.0 Å². The van der Waals surface area contributed by atoms with E-state index in [2.05, 4.69) is 5.10 Å². The molecule has 1 aliphatic rings. The number of ether oxygens (including phenoxy) is 3. The highest BCUT2D eigenvalue weighted by Gasteiger charge is 2.34. The fourth-order valence-corrected chi connectivity index (χ4v) is 3.77. The fourth-order valence-electron chi connectivity index (χ4n) is 3.05. The molecule has 0 spiro atoms. The maximum atomic E-state index is 12.5. The van der Waals surface area contributed by atoms with Crippen molar-refractivity contribution in [2.24, 2.45) is 5.10 Å². The molecule has 0 saturated carbocycles. The zero-order valence-electron chi connectivity index (χ0n) is 15.3. The van der Waals surface area contributed by atoms with Crippen molar-refractivity contribution in [3.05, 3.63) is 40.1 Å². The maximum absolute atomic E-state index is 12.5. The average molecular weight is 374 g/mol. The summed E-state index contributed by atoms with van der Waals surface area (Å²) in [6, 6.07) is 7.58. The maximum Gasteiger partial charge on any atom is 0.242 e. The standard InChI is InChI=1S/C19H22N2O4S/c1-5-18(22)21-14(11-13(20-21)17-7-6-8-26-17)12-9-15(23-2)19(25-4)16(10-12)24-3/h6-10,14H,5,11H2,1-4H3. The van der Waals surface area contributed by atoms with Crippen LogP contribution < -0.4 is 14.2 Å². The highest BCUT2D eigenvalue weighted by molar-refractivity contribution is 7.12. The van der Waals surface area contributed by atoms with Crippen molar-refractivity contribution in [3.63, 3.8) is 0 Å². The number of methoxy groups -OCH3 is 3. The molecule has 1 unspecified atom stereocenters. The topological polar surface area (TPSA) is 60.4 Å². The van der Waals surface area contributed by atoms with E-state index in [0.717, 1.165) is 16.2 Å². The van der Waals surface area contributed by atoms with Gasteiger partial charge in [-0.15, -0.1) is 11.3 Å². The summed E-state index contributed by atoms with van der Waals surface area (Å²) in [5.41, 5.74) is 1.82. The Bertz CT molecular complexity index is 792. The molecule has 2 aromatic rings. The lowest BCUT2D eigenvalue weighted by Gasteiger charge is -2.23. The fraction of sp³-hybridized carbons (Fsp3) is 0.368. The molecule has 0 aliphatic carbocycles. The lowest BCUT2D eigenvalue weighted by atomic mass is 10.00. The van der Waals surface area contributed by atoms with Gasteiger partial charge in [0, 0.05) is 12.8 Å². The van der Waals surface area contributed by atoms with Gasteiger partial charge in [-0.2, -0.15) is 5.10 Å². The molecule has 2 heterocycles. The molecule has 0 N–H and O–H groups in total. The predicted molar refractivity (Wildman–Crippen MR) is 101 cm³/mol. The number of hydrogen-bond donors (Lipinski definition) is 0. The van der Waals surface area contributed by atoms with Gasteiger partial charge in [0.05, 0.1) is 38.0 Å². The Kier molecular flexibility index (Phi) is 5.46. The second kappa shape index (κ2) is 7.78. The third-order valence-corrected chi connectivity index (χ3v) is 5.26. The summed E-state index contributed by atoms with van der Waals surface area (Å²) in [5, 5.41) is 8.20. The number of amides is 1. The summed E-state index contributed by atoms with van der Waals surface area (Å²) in [7, 11) is 4.73. The van der Waals surface area contributed by atoms with E-state index in [1.54, 1.807) is 37.7 Å². The molecule has 1 amide bonds. The molecule has 0 saturated heterocycles. The molecule has 1 aliphatic heterocycles. The van der Waals surface area contributed by atoms with Crippen LogP contribution in [-0.2, 0) is 4.79 Å². The van der Waals surface area contributed by atoms with Gasteiger partial charge in [-0.3, -0.25) is 4.79 Å². The lowest BCUT2D eigenvalue weighted by molar-refractivity contribution is -0.132. The molecule has 0 radical (unpaired) electrons. The van der Waals surface area contributed by atoms with Gasteiger partial charge < -0.3 is 14.2 Å². The number of nitrogens with zero attached hydrogens (tertiary/aromatic N) is 2. The second-order valence-corrected chi connectivity index (χ2v) is 6.74. The minimum absolute atomic E-state index is 0.0182. The van der Waals surface area contributed by atoms with Crippen molar-refractivity contribution in [2.75, 3.05) is 21.3 Å². The Morgan fingerprint density at radius 3 is 2.42 bits per heavy atom. The summed E-state index contributed by atoms with van der Waals surface area (Å²) in [6.07, 6.45) is 1.03. The van der Waals surface area contributed by atoms with E-state index in [-0.39, 0.29) is 11.9 Å². The average Bonchev–Trinajstić information content (AvgIpc) is 3.35. The van der Waals surface area contributed by atoms with Crippen LogP contribution in [0.5, 0.6) is 17.2 Å². The first kappa shape index (κ1) is 18.3. The normalized spacial score (nSPS) is 16.4. The van der Waals surface area contributed by atoms with E-state index in [1.165, 1.54) is 0 Å². The minimum Gasteiger partial charge on any atom is -0.493 e. The third kappa shape index (κ3) is 3.26. The molecule has 0 bridgehead atoms. The molecule has 0 fully saturated rings. The number of carbonyl (C=O) groups excluding carboxylic acids is 1. The van der Waals surface area contributed by atoms with E-state index in [0.29, 0.717) is 30.1 Å². The zero-order chi connectivity index (χ0) is 18.7. The molecule has 7 heteroatoms. The first-order valence-electron chi connectivity index (χ1n) is 8.36. The smallest absolute Gasteiger partial charge is 0.242 e. The zero-order valence-corrected chi connectivity index (χ0v) is 16.1. The Balaban J connectivity index is 2.03. The van der Waals surface area contributed by atoms with Crippen LogP contribution in [0, 0.1) is 0 Å². The van der Waals surface area contributed by atoms with Crippen LogP contribution in [-0.4, -0.2) is 38.0 Å². The number of hydrogen-bond acceptors (Lipinski definition) is 6. The molecule has 1 atom stereocenters. The number of thiophene rings is 1. The molecular formula is C19H22N2O4S. The number of benzene rings is 1. The van der Waals surface area contributed by atoms with Crippen molar-refractivity contribution in [1.29, 1.82) is 0 Å². The van der Waals surface area contributed by atoms with Gasteiger partial charge in [0.2, 0.25) is 11.7 Å². The summed E-state index contributed by atoms with van der Waals surface area (Å²) >= 11 is 1.62. The first-order valence-corrected chi connectivity index (χ1v) is 9.24. The highest BCUT2D eigenvalue weighted by atomic mass is 32.1. The Labute approximate surface area is 157 Å². The Hall–Kier alpha value is -2.54. The summed E-state index contributed by atoms with van der Waals surface area (Å²) in [6.45, 7) is 1.84. The SMILES string of the molecule is CCC(=O)N1N=C(c2cccs2)CC1c1cc(OC)c(OC)c(OC)c1. The summed E-state index contributed by atoms with van der Waals surface area (Å²) in [4.78, 5) is 13.6. The highest BCUT2D eigenvalue weighted by Crippen LogP contribution is 2.43. The van der Waals surface area contributed by atoms with E-state index in [4.69, 9.17) is 14.2 Å². The summed E-state index contributed by atoms with van der Waals surface area (Å²) in [5.74, 6) is 1.64. The van der Waals surface area contributed by atoms with Crippen LogP contribution in [0.15, 0.2) is 34.7 Å². The van der Waals surface area contributed by atoms with Gasteiger partial charge in [0.1, 0.15) is 0 Å². The molecule has 6 nitrogen and oxygen atoms in total. The third-order valence-electron chi connectivity index (χ3n) is 4.35. The number of rotatable bonds is 6. The Morgan fingerprint density at radius 2 is 1.92 bits per heavy atom. The molecule has 26 heavy (non-hydrogen) atoms. The van der Waals surface area contributed by atoms with E-state index in [1.807, 2.05) is 36.6 Å². The lowest BCUT2D eigenvalue weighted by Crippen LogP contribution is -2.26. The van der Waals surface area contributed by atoms with Gasteiger partial charge in [0.15, 0.2) is 11.5 Å². The quantitative estimate of drug-likeness (QED) is 0.770. The first-order chi connectivity index (χ1) is 12.6. The van der Waals surface area contributed by atoms with Gasteiger partial charge in [-0.25, -0.2) is 5.01 Å². The molecule has 138 valence electrons. The largest absolute Gasteiger partial charge is 0.493 e. The molecular weight excluding hydrogens is 352 g/mol. The van der Waals surface area contributed by atoms with Crippen LogP contribution in [0.1, 0.15) is 36.2 Å². The number of carbonyl (C=O) groups is 1. The minimum atomic E-state index is -0.201. The van der Waals surface area contributed by atoms with Crippen molar-refractivity contribution >= 4 is 23.0 Å². The van der Waals surface area contributed by atoms with Gasteiger partial charge >= 0.3 is 0 Å². The molecule has 1 aromatic carbocycles. The predicted octanol–water partition coefficient (Wildman–Crippen LogP) is 3.86.